The van der Waals surface area contributed by atoms with E-state index < -0.39 is 0 Å². The Morgan fingerprint density at radius 2 is 2.09 bits per heavy atom. The molecule has 0 N–H and O–H groups in total. The van der Waals surface area contributed by atoms with Gasteiger partial charge in [-0.2, -0.15) is 0 Å². The van der Waals surface area contributed by atoms with Gasteiger partial charge in [-0.05, 0) is 17.8 Å². The number of fused-ring (bicyclic) bond motifs is 1. The van der Waals surface area contributed by atoms with E-state index in [0.29, 0.717) is 29.5 Å². The first-order chi connectivity index (χ1) is 5.29. The van der Waals surface area contributed by atoms with E-state index in [1.54, 1.807) is 0 Å². The topological polar surface area (TPSA) is 17.1 Å². The van der Waals surface area contributed by atoms with Gasteiger partial charge in [-0.15, -0.1) is 13.2 Å². The average Bonchev–Trinajstić information content (AvgIpc) is 2.65. The number of rotatable bonds is 2. The fourth-order valence-corrected chi connectivity index (χ4v) is 2.39. The minimum atomic E-state index is 0.315. The molecule has 0 aromatic heterocycles. The second-order valence-corrected chi connectivity index (χ2v) is 3.49. The molecule has 0 aromatic rings. The number of ketones is 1. The molecule has 0 aromatic carbocycles. The van der Waals surface area contributed by atoms with Crippen molar-refractivity contribution < 1.29 is 4.79 Å². The highest BCUT2D eigenvalue weighted by molar-refractivity contribution is 5.88. The van der Waals surface area contributed by atoms with Gasteiger partial charge >= 0.3 is 0 Å². The van der Waals surface area contributed by atoms with Crippen LogP contribution in [0.2, 0.25) is 0 Å². The molecule has 1 nitrogen and oxygen atoms in total. The van der Waals surface area contributed by atoms with Crippen molar-refractivity contribution in [2.24, 2.45) is 23.7 Å². The van der Waals surface area contributed by atoms with E-state index >= 15 is 0 Å². The lowest BCUT2D eigenvalue weighted by Gasteiger charge is -2.04. The summed E-state index contributed by atoms with van der Waals surface area (Å²) < 4.78 is 0. The van der Waals surface area contributed by atoms with Crippen molar-refractivity contribution in [1.29, 1.82) is 0 Å². The summed E-state index contributed by atoms with van der Waals surface area (Å²) >= 11 is 0. The minimum absolute atomic E-state index is 0.315. The van der Waals surface area contributed by atoms with Gasteiger partial charge in [-0.25, -0.2) is 0 Å². The van der Waals surface area contributed by atoms with Crippen LogP contribution in [0.3, 0.4) is 0 Å². The Balaban J connectivity index is 2.17. The Kier molecular flexibility index (Phi) is 1.28. The Morgan fingerprint density at radius 1 is 1.36 bits per heavy atom. The van der Waals surface area contributed by atoms with Crippen molar-refractivity contribution in [1.82, 2.24) is 0 Å². The second kappa shape index (κ2) is 2.07. The highest BCUT2D eigenvalue weighted by atomic mass is 16.1. The van der Waals surface area contributed by atoms with E-state index in [1.165, 1.54) is 0 Å². The van der Waals surface area contributed by atoms with Gasteiger partial charge < -0.3 is 0 Å². The molecule has 0 spiro atoms. The smallest absolute Gasteiger partial charge is 0.137 e. The first kappa shape index (κ1) is 6.84. The molecule has 11 heavy (non-hydrogen) atoms. The van der Waals surface area contributed by atoms with Crippen molar-refractivity contribution in [3.63, 3.8) is 0 Å². The lowest BCUT2D eigenvalue weighted by Crippen LogP contribution is -2.03. The van der Waals surface area contributed by atoms with E-state index in [-0.39, 0.29) is 0 Å². The van der Waals surface area contributed by atoms with Gasteiger partial charge in [-0.3, -0.25) is 4.79 Å². The molecular weight excluding hydrogens is 136 g/mol. The van der Waals surface area contributed by atoms with E-state index in [4.69, 9.17) is 0 Å². The van der Waals surface area contributed by atoms with Crippen molar-refractivity contribution in [3.8, 4) is 0 Å². The largest absolute Gasteiger partial charge is 0.299 e. The molecule has 0 saturated heterocycles. The first-order valence-corrected chi connectivity index (χ1v) is 4.07. The number of Topliss-reactive ketones (excluding diaryl/α,β-unsaturated/α-hetero) is 1. The second-order valence-electron chi connectivity index (χ2n) is 3.49. The Bertz CT molecular complexity index is 227. The van der Waals surface area contributed by atoms with Gasteiger partial charge in [0, 0.05) is 12.3 Å². The van der Waals surface area contributed by atoms with Gasteiger partial charge in [0.1, 0.15) is 5.78 Å². The molecule has 0 radical (unpaired) electrons. The average molecular weight is 148 g/mol. The lowest BCUT2D eigenvalue weighted by molar-refractivity contribution is -0.119. The summed E-state index contributed by atoms with van der Waals surface area (Å²) in [5, 5.41) is 0. The monoisotopic (exact) mass is 148 g/mol. The van der Waals surface area contributed by atoms with Gasteiger partial charge in [-0.1, -0.05) is 12.2 Å². The molecule has 2 fully saturated rings. The summed E-state index contributed by atoms with van der Waals surface area (Å²) in [6.45, 7) is 7.46. The zero-order chi connectivity index (χ0) is 8.01. The summed E-state index contributed by atoms with van der Waals surface area (Å²) in [6.07, 6.45) is 4.57. The standard InChI is InChI=1S/C10H12O/c1-3-6-5-8(11)10-7(4-2)9(6)10/h3-4,6-7,9-10H,1-2,5H2/t6-,7-,9-,10-/m1/s1. The van der Waals surface area contributed by atoms with Gasteiger partial charge in [0.2, 0.25) is 0 Å². The normalized spacial score (nSPS) is 46.7. The predicted octanol–water partition coefficient (Wildman–Crippen LogP) is 1.81. The zero-order valence-electron chi connectivity index (χ0n) is 6.49. The molecule has 2 aliphatic carbocycles. The number of hydrogen-bond acceptors (Lipinski definition) is 1. The molecule has 2 rings (SSSR count). The summed E-state index contributed by atoms with van der Waals surface area (Å²) in [7, 11) is 0. The SMILES string of the molecule is C=C[C@H]1[C@@H]2C(=O)C[C@@H](C=C)[C@H]12. The van der Waals surface area contributed by atoms with Crippen molar-refractivity contribution in [3.05, 3.63) is 25.3 Å². The van der Waals surface area contributed by atoms with Crippen LogP contribution in [-0.2, 0) is 4.79 Å². The maximum atomic E-state index is 11.3. The van der Waals surface area contributed by atoms with Crippen LogP contribution in [0.1, 0.15) is 6.42 Å². The maximum Gasteiger partial charge on any atom is 0.137 e. The molecule has 2 saturated carbocycles. The van der Waals surface area contributed by atoms with Crippen molar-refractivity contribution in [2.75, 3.05) is 0 Å². The summed E-state index contributed by atoms with van der Waals surface area (Å²) in [4.78, 5) is 11.3. The van der Waals surface area contributed by atoms with Crippen LogP contribution < -0.4 is 0 Å². The highest BCUT2D eigenvalue weighted by Gasteiger charge is 2.60. The molecule has 0 aliphatic heterocycles. The van der Waals surface area contributed by atoms with Crippen LogP contribution in [0.5, 0.6) is 0 Å². The summed E-state index contributed by atoms with van der Waals surface area (Å²) in [5.41, 5.74) is 0. The van der Waals surface area contributed by atoms with E-state index in [0.717, 1.165) is 6.42 Å². The molecule has 58 valence electrons. The Hall–Kier alpha value is -0.850. The minimum Gasteiger partial charge on any atom is -0.299 e. The molecule has 4 atom stereocenters. The maximum absolute atomic E-state index is 11.3. The zero-order valence-corrected chi connectivity index (χ0v) is 6.49. The van der Waals surface area contributed by atoms with Gasteiger partial charge in [0.15, 0.2) is 0 Å². The van der Waals surface area contributed by atoms with Crippen molar-refractivity contribution in [2.45, 2.75) is 6.42 Å². The lowest BCUT2D eigenvalue weighted by atomic mass is 10.00. The molecule has 0 bridgehead atoms. The van der Waals surface area contributed by atoms with Crippen LogP contribution in [0.15, 0.2) is 25.3 Å². The fraction of sp³-hybridized carbons (Fsp3) is 0.500. The first-order valence-electron chi connectivity index (χ1n) is 4.07. The highest BCUT2D eigenvalue weighted by Crippen LogP contribution is 2.59. The van der Waals surface area contributed by atoms with E-state index in [1.807, 2.05) is 12.2 Å². The quantitative estimate of drug-likeness (QED) is 0.546. The number of carbonyl (C=O) groups is 1. The molecule has 0 heterocycles. The fourth-order valence-electron chi connectivity index (χ4n) is 2.39. The van der Waals surface area contributed by atoms with Crippen LogP contribution in [-0.4, -0.2) is 5.78 Å². The Morgan fingerprint density at radius 3 is 2.55 bits per heavy atom. The molecule has 0 unspecified atom stereocenters. The molecular formula is C10H12O. The van der Waals surface area contributed by atoms with Gasteiger partial charge in [0.25, 0.3) is 0 Å². The Labute approximate surface area is 66.8 Å². The summed E-state index contributed by atoms with van der Waals surface area (Å²) in [5.74, 6) is 2.22. The number of carbonyl (C=O) groups excluding carboxylic acids is 1. The summed E-state index contributed by atoms with van der Waals surface area (Å²) in [6, 6.07) is 0. The van der Waals surface area contributed by atoms with Crippen LogP contribution in [0.25, 0.3) is 0 Å². The van der Waals surface area contributed by atoms with Gasteiger partial charge in [0.05, 0.1) is 0 Å². The molecule has 1 heteroatoms. The van der Waals surface area contributed by atoms with Crippen LogP contribution >= 0.6 is 0 Å². The number of hydrogen-bond donors (Lipinski definition) is 0. The van der Waals surface area contributed by atoms with Crippen molar-refractivity contribution >= 4 is 5.78 Å². The van der Waals surface area contributed by atoms with Crippen LogP contribution in [0, 0.1) is 23.7 Å². The third-order valence-corrected chi connectivity index (χ3v) is 3.01. The third kappa shape index (κ3) is 0.740. The van der Waals surface area contributed by atoms with Crippen LogP contribution in [0.4, 0.5) is 0 Å². The third-order valence-electron chi connectivity index (χ3n) is 3.01. The molecule has 0 amide bonds. The number of allylic oxidation sites excluding steroid dienone is 2. The molecule has 2 aliphatic rings. The van der Waals surface area contributed by atoms with E-state index in [9.17, 15) is 4.79 Å². The van der Waals surface area contributed by atoms with E-state index in [2.05, 4.69) is 13.2 Å². The predicted molar refractivity (Wildman–Crippen MR) is 44.0 cm³/mol.